The summed E-state index contributed by atoms with van der Waals surface area (Å²) < 4.78 is 33.6. The highest BCUT2D eigenvalue weighted by Crippen LogP contribution is 2.52. The smallest absolute Gasteiger partial charge is 0.341 e. The van der Waals surface area contributed by atoms with Gasteiger partial charge in [-0.3, -0.25) is 0 Å². The largest absolute Gasteiger partial charge is 0.489 e. The van der Waals surface area contributed by atoms with Crippen LogP contribution in [-0.2, 0) is 29.8 Å². The minimum absolute atomic E-state index is 0.0277. The Balaban J connectivity index is 1.28. The van der Waals surface area contributed by atoms with E-state index in [2.05, 4.69) is 25.3 Å². The lowest BCUT2D eigenvalue weighted by Gasteiger charge is -2.22. The molecule has 2 aliphatic rings. The molecule has 5 rings (SSSR count). The summed E-state index contributed by atoms with van der Waals surface area (Å²) in [5, 5.41) is 17.8. The molecule has 2 aliphatic carbocycles. The van der Waals surface area contributed by atoms with Crippen molar-refractivity contribution in [2.75, 3.05) is 7.11 Å². The number of hydrogen-bond acceptors (Lipinski definition) is 9. The number of pyridine rings is 1. The van der Waals surface area contributed by atoms with Crippen LogP contribution in [0.1, 0.15) is 42.8 Å². The molecule has 0 amide bonds. The molecule has 3 heterocycles. The molecule has 12 heteroatoms. The Hall–Kier alpha value is -3.67. The Morgan fingerprint density at radius 2 is 2.08 bits per heavy atom. The second-order valence-electron chi connectivity index (χ2n) is 9.62. The Morgan fingerprint density at radius 3 is 2.84 bits per heavy atom. The van der Waals surface area contributed by atoms with Gasteiger partial charge in [-0.2, -0.15) is 4.98 Å². The normalized spacial score (nSPS) is 24.7. The molecule has 0 spiro atoms. The molecular weight excluding hydrogens is 483 g/mol. The van der Waals surface area contributed by atoms with E-state index in [1.165, 1.54) is 0 Å². The highest BCUT2D eigenvalue weighted by Gasteiger charge is 2.58. The van der Waals surface area contributed by atoms with E-state index in [1.807, 2.05) is 13.0 Å². The van der Waals surface area contributed by atoms with Crippen LogP contribution in [0.5, 0.6) is 11.8 Å². The van der Waals surface area contributed by atoms with Crippen LogP contribution in [-0.4, -0.2) is 59.9 Å². The van der Waals surface area contributed by atoms with Gasteiger partial charge in [-0.15, -0.1) is 5.10 Å². The van der Waals surface area contributed by atoms with Crippen molar-refractivity contribution < 1.29 is 28.5 Å². The van der Waals surface area contributed by atoms with Crippen LogP contribution in [0.3, 0.4) is 0 Å². The zero-order valence-electron chi connectivity index (χ0n) is 20.9. The van der Waals surface area contributed by atoms with Gasteiger partial charge in [0, 0.05) is 26.3 Å². The van der Waals surface area contributed by atoms with Crippen LogP contribution < -0.4 is 9.47 Å². The molecule has 37 heavy (non-hydrogen) atoms. The monoisotopic (exact) mass is 512 g/mol. The van der Waals surface area contributed by atoms with Gasteiger partial charge in [-0.05, 0) is 56.7 Å². The van der Waals surface area contributed by atoms with Gasteiger partial charge in [0.2, 0.25) is 5.67 Å². The van der Waals surface area contributed by atoms with Gasteiger partial charge in [-0.25, -0.2) is 23.8 Å². The van der Waals surface area contributed by atoms with E-state index >= 15 is 0 Å². The molecule has 2 saturated carbocycles. The third-order valence-electron chi connectivity index (χ3n) is 7.31. The van der Waals surface area contributed by atoms with Gasteiger partial charge in [-0.1, -0.05) is 5.21 Å². The average Bonchev–Trinajstić information content (AvgIpc) is 3.54. The number of ether oxygens (including phenoxy) is 3. The number of halogens is 1. The fraction of sp³-hybridized carbons (Fsp3) is 0.520. The number of methoxy groups -OCH3 is 1. The fourth-order valence-corrected chi connectivity index (χ4v) is 5.42. The Kier molecular flexibility index (Phi) is 6.76. The van der Waals surface area contributed by atoms with Gasteiger partial charge in [0.05, 0.1) is 29.8 Å². The summed E-state index contributed by atoms with van der Waals surface area (Å²) in [5.41, 5.74) is 1.05. The minimum atomic E-state index is -2.15. The van der Waals surface area contributed by atoms with Gasteiger partial charge in [0.1, 0.15) is 23.7 Å². The maximum Gasteiger partial charge on any atom is 0.341 e. The molecule has 0 bridgehead atoms. The van der Waals surface area contributed by atoms with E-state index in [0.717, 1.165) is 0 Å². The van der Waals surface area contributed by atoms with E-state index in [4.69, 9.17) is 14.2 Å². The molecule has 2 fully saturated rings. The lowest BCUT2D eigenvalue weighted by Crippen LogP contribution is -2.38. The average molecular weight is 513 g/mol. The zero-order valence-corrected chi connectivity index (χ0v) is 20.9. The van der Waals surface area contributed by atoms with E-state index in [-0.39, 0.29) is 31.1 Å². The third-order valence-corrected chi connectivity index (χ3v) is 7.31. The van der Waals surface area contributed by atoms with Crippen LogP contribution in [0, 0.1) is 18.8 Å². The molecule has 0 radical (unpaired) electrons. The first-order valence-corrected chi connectivity index (χ1v) is 12.2. The summed E-state index contributed by atoms with van der Waals surface area (Å²) in [6.45, 7) is 2.31. The highest BCUT2D eigenvalue weighted by molar-refractivity contribution is 5.78. The number of alkyl halides is 1. The summed E-state index contributed by atoms with van der Waals surface area (Å²) in [4.78, 5) is 24.6. The van der Waals surface area contributed by atoms with Crippen molar-refractivity contribution >= 4 is 5.97 Å². The van der Waals surface area contributed by atoms with Crippen molar-refractivity contribution in [2.45, 2.75) is 57.6 Å². The van der Waals surface area contributed by atoms with E-state index in [9.17, 15) is 14.3 Å². The Labute approximate surface area is 213 Å². The molecular formula is C25H29FN6O5. The third kappa shape index (κ3) is 4.85. The lowest BCUT2D eigenvalue weighted by atomic mass is 9.89. The Morgan fingerprint density at radius 1 is 1.24 bits per heavy atom. The molecule has 3 aromatic heterocycles. The van der Waals surface area contributed by atoms with E-state index < -0.39 is 17.6 Å². The number of aromatic nitrogens is 6. The number of fused-ring (bicyclic) bond motifs is 1. The van der Waals surface area contributed by atoms with Crippen LogP contribution in [0.4, 0.5) is 4.39 Å². The fourth-order valence-electron chi connectivity index (χ4n) is 5.42. The second-order valence-corrected chi connectivity index (χ2v) is 9.62. The topological polar surface area (TPSA) is 134 Å². The van der Waals surface area contributed by atoms with Gasteiger partial charge >= 0.3 is 12.0 Å². The zero-order chi connectivity index (χ0) is 26.2. The minimum Gasteiger partial charge on any atom is -0.489 e. The summed E-state index contributed by atoms with van der Waals surface area (Å²) in [5.74, 6) is -1.26. The second kappa shape index (κ2) is 10.0. The summed E-state index contributed by atoms with van der Waals surface area (Å²) in [6.07, 6.45) is 3.04. The van der Waals surface area contributed by atoms with Crippen LogP contribution >= 0.6 is 0 Å². The van der Waals surface area contributed by atoms with E-state index in [1.54, 1.807) is 37.2 Å². The summed E-state index contributed by atoms with van der Waals surface area (Å²) in [6, 6.07) is 5.57. The number of aliphatic carboxylic acids is 1. The molecule has 4 atom stereocenters. The summed E-state index contributed by atoms with van der Waals surface area (Å²) in [7, 11) is 3.36. The molecule has 3 aromatic rings. The first-order valence-electron chi connectivity index (χ1n) is 12.2. The van der Waals surface area contributed by atoms with E-state index in [0.29, 0.717) is 60.1 Å². The van der Waals surface area contributed by atoms with Crippen LogP contribution in [0.25, 0.3) is 11.4 Å². The van der Waals surface area contributed by atoms with Crippen molar-refractivity contribution in [1.82, 2.24) is 29.9 Å². The molecule has 0 saturated heterocycles. The number of carboxylic acid groups (broad SMARTS) is 1. The number of aryl methyl sites for hydroxylation is 2. The highest BCUT2D eigenvalue weighted by atomic mass is 19.1. The first kappa shape index (κ1) is 25.0. The number of carboxylic acids is 1. The number of hydrogen-bond donors (Lipinski definition) is 1. The van der Waals surface area contributed by atoms with Crippen molar-refractivity contribution in [1.29, 1.82) is 0 Å². The number of carbonyl (C=O) groups is 1. The predicted molar refractivity (Wildman–Crippen MR) is 127 cm³/mol. The first-order chi connectivity index (χ1) is 17.8. The van der Waals surface area contributed by atoms with Gasteiger partial charge in [0.15, 0.2) is 0 Å². The lowest BCUT2D eigenvalue weighted by molar-refractivity contribution is -0.153. The molecule has 11 nitrogen and oxygen atoms in total. The van der Waals surface area contributed by atoms with Crippen molar-refractivity contribution in [3.8, 4) is 23.1 Å². The van der Waals surface area contributed by atoms with Crippen molar-refractivity contribution in [2.24, 2.45) is 18.9 Å². The SMILES string of the molecule is COCc1ccnc(OCc2c(-c3ccc(O[C@H]4C[C@@H]5CC[C@](F)(C(=O)O)[C@@H]5C4)c(C)n3)nnn2C)n1. The van der Waals surface area contributed by atoms with Crippen molar-refractivity contribution in [3.05, 3.63) is 41.5 Å². The number of rotatable bonds is 9. The molecule has 0 unspecified atom stereocenters. The van der Waals surface area contributed by atoms with Crippen LogP contribution in [0.2, 0.25) is 0 Å². The van der Waals surface area contributed by atoms with Gasteiger partial charge in [0.25, 0.3) is 0 Å². The van der Waals surface area contributed by atoms with Crippen LogP contribution in [0.15, 0.2) is 24.4 Å². The standard InChI is InChI=1S/C25H29FN6O5/c1-14-21(37-17-10-15-6-8-25(26,23(33)34)18(15)11-17)5-4-19(28-14)22-20(32(2)31-30-22)13-36-24-27-9-7-16(29-24)12-35-3/h4-5,7,9,15,17-18H,6,8,10-13H2,1-3H3,(H,33,34)/t15-,17-,18+,25+/m0/s1. The molecule has 1 N–H and O–H groups in total. The maximum atomic E-state index is 15.0. The maximum absolute atomic E-state index is 15.0. The number of nitrogens with zero attached hydrogens (tertiary/aromatic N) is 6. The molecule has 0 aromatic carbocycles. The quantitative estimate of drug-likeness (QED) is 0.456. The summed E-state index contributed by atoms with van der Waals surface area (Å²) >= 11 is 0. The van der Waals surface area contributed by atoms with Crippen molar-refractivity contribution in [3.63, 3.8) is 0 Å². The molecule has 196 valence electrons. The molecule has 0 aliphatic heterocycles. The predicted octanol–water partition coefficient (Wildman–Crippen LogP) is 3.06. The Bertz CT molecular complexity index is 1300. The van der Waals surface area contributed by atoms with Gasteiger partial charge < -0.3 is 19.3 Å².